The molecule has 0 saturated carbocycles. The summed E-state index contributed by atoms with van der Waals surface area (Å²) in [7, 11) is -3.61. The van der Waals surface area contributed by atoms with Crippen molar-refractivity contribution in [3.8, 4) is 0 Å². The Hall–Kier alpha value is -1.36. The Labute approximate surface area is 121 Å². The van der Waals surface area contributed by atoms with E-state index in [1.54, 1.807) is 24.3 Å². The van der Waals surface area contributed by atoms with Crippen molar-refractivity contribution in [2.24, 2.45) is 4.40 Å². The van der Waals surface area contributed by atoms with Crippen molar-refractivity contribution >= 4 is 15.9 Å². The molecule has 0 radical (unpaired) electrons. The van der Waals surface area contributed by atoms with Crippen molar-refractivity contribution in [3.63, 3.8) is 0 Å². The van der Waals surface area contributed by atoms with E-state index < -0.39 is 10.0 Å². The van der Waals surface area contributed by atoms with E-state index in [2.05, 4.69) is 30.1 Å². The van der Waals surface area contributed by atoms with Crippen molar-refractivity contribution in [2.45, 2.75) is 51.0 Å². The second kappa shape index (κ2) is 5.20. The van der Waals surface area contributed by atoms with Gasteiger partial charge in [-0.15, -0.1) is 4.40 Å². The van der Waals surface area contributed by atoms with Gasteiger partial charge < -0.3 is 4.90 Å². The van der Waals surface area contributed by atoms with Gasteiger partial charge in [-0.05, 0) is 46.2 Å². The molecular formula is C15H22N2O2S. The zero-order valence-corrected chi connectivity index (χ0v) is 13.4. The Kier molecular flexibility index (Phi) is 3.91. The number of hydrogen-bond donors (Lipinski definition) is 0. The van der Waals surface area contributed by atoms with Crippen LogP contribution in [0.3, 0.4) is 0 Å². The monoisotopic (exact) mass is 294 g/mol. The molecule has 1 aliphatic heterocycles. The van der Waals surface area contributed by atoms with Gasteiger partial charge in [0.2, 0.25) is 0 Å². The fourth-order valence-electron chi connectivity index (χ4n) is 2.38. The molecule has 0 aromatic heterocycles. The molecule has 1 aliphatic rings. The Bertz CT molecular complexity index is 610. The summed E-state index contributed by atoms with van der Waals surface area (Å²) in [6.45, 7) is 9.03. The first-order valence-electron chi connectivity index (χ1n) is 6.88. The fourth-order valence-corrected chi connectivity index (χ4v) is 3.43. The van der Waals surface area contributed by atoms with E-state index in [0.717, 1.165) is 24.9 Å². The highest BCUT2D eigenvalue weighted by atomic mass is 32.2. The normalized spacial score (nSPS) is 18.8. The summed E-state index contributed by atoms with van der Waals surface area (Å²) in [5.41, 5.74) is 0.937. The summed E-state index contributed by atoms with van der Waals surface area (Å²) in [5, 5.41) is 0. The molecule has 4 nitrogen and oxygen atoms in total. The van der Waals surface area contributed by atoms with Crippen LogP contribution in [0.4, 0.5) is 0 Å². The van der Waals surface area contributed by atoms with Gasteiger partial charge in [0, 0.05) is 18.5 Å². The Morgan fingerprint density at radius 3 is 2.30 bits per heavy atom. The highest BCUT2D eigenvalue weighted by Gasteiger charge is 2.30. The molecule has 20 heavy (non-hydrogen) atoms. The fraction of sp³-hybridized carbons (Fsp3) is 0.533. The number of sulfonamides is 1. The van der Waals surface area contributed by atoms with Gasteiger partial charge in [0.05, 0.1) is 4.90 Å². The molecular weight excluding hydrogens is 272 g/mol. The minimum Gasteiger partial charge on any atom is -0.355 e. The van der Waals surface area contributed by atoms with Gasteiger partial charge in [0.1, 0.15) is 5.84 Å². The van der Waals surface area contributed by atoms with Crippen LogP contribution in [0.25, 0.3) is 0 Å². The maximum absolute atomic E-state index is 12.4. The van der Waals surface area contributed by atoms with Crippen LogP contribution >= 0.6 is 0 Å². The lowest BCUT2D eigenvalue weighted by Gasteiger charge is -2.33. The molecule has 0 amide bonds. The third-order valence-electron chi connectivity index (χ3n) is 3.45. The van der Waals surface area contributed by atoms with Crippen molar-refractivity contribution < 1.29 is 8.42 Å². The lowest BCUT2D eigenvalue weighted by atomic mass is 10.1. The SMILES string of the molecule is Cc1ccc(S(=O)(=O)/N=C2\CCCN2C(C)(C)C)cc1. The molecule has 0 unspecified atom stereocenters. The zero-order valence-electron chi connectivity index (χ0n) is 12.5. The van der Waals surface area contributed by atoms with Gasteiger partial charge in [-0.3, -0.25) is 0 Å². The maximum Gasteiger partial charge on any atom is 0.283 e. The topological polar surface area (TPSA) is 49.7 Å². The van der Waals surface area contributed by atoms with Crippen molar-refractivity contribution in [2.75, 3.05) is 6.54 Å². The first-order chi connectivity index (χ1) is 9.20. The van der Waals surface area contributed by atoms with Crippen molar-refractivity contribution in [1.82, 2.24) is 4.90 Å². The van der Waals surface area contributed by atoms with Gasteiger partial charge in [-0.2, -0.15) is 8.42 Å². The largest absolute Gasteiger partial charge is 0.355 e. The van der Waals surface area contributed by atoms with E-state index in [1.165, 1.54) is 0 Å². The quantitative estimate of drug-likeness (QED) is 0.842. The third-order valence-corrected chi connectivity index (χ3v) is 4.77. The molecule has 1 aromatic carbocycles. The molecule has 1 heterocycles. The van der Waals surface area contributed by atoms with Crippen molar-refractivity contribution in [1.29, 1.82) is 0 Å². The maximum atomic E-state index is 12.4. The Morgan fingerprint density at radius 2 is 1.75 bits per heavy atom. The third kappa shape index (κ3) is 3.20. The van der Waals surface area contributed by atoms with Crippen LogP contribution in [0.2, 0.25) is 0 Å². The van der Waals surface area contributed by atoms with Crippen LogP contribution in [0.5, 0.6) is 0 Å². The summed E-state index contributed by atoms with van der Waals surface area (Å²) in [4.78, 5) is 2.34. The average Bonchev–Trinajstić information content (AvgIpc) is 2.76. The van der Waals surface area contributed by atoms with Gasteiger partial charge >= 0.3 is 0 Å². The molecule has 0 N–H and O–H groups in total. The summed E-state index contributed by atoms with van der Waals surface area (Å²) in [6, 6.07) is 6.82. The molecule has 0 spiro atoms. The smallest absolute Gasteiger partial charge is 0.283 e. The lowest BCUT2D eigenvalue weighted by Crippen LogP contribution is -2.42. The van der Waals surface area contributed by atoms with Crippen LogP contribution in [-0.4, -0.2) is 31.2 Å². The van der Waals surface area contributed by atoms with Crippen LogP contribution in [0.15, 0.2) is 33.6 Å². The molecule has 110 valence electrons. The first-order valence-corrected chi connectivity index (χ1v) is 8.32. The summed E-state index contributed by atoms with van der Waals surface area (Å²) in [5.74, 6) is 0.679. The van der Waals surface area contributed by atoms with E-state index in [-0.39, 0.29) is 10.4 Å². The molecule has 0 atom stereocenters. The lowest BCUT2D eigenvalue weighted by molar-refractivity contribution is 0.256. The van der Waals surface area contributed by atoms with Crippen molar-refractivity contribution in [3.05, 3.63) is 29.8 Å². The van der Waals surface area contributed by atoms with Gasteiger partial charge in [0.15, 0.2) is 0 Å². The minimum absolute atomic E-state index is 0.0991. The predicted octanol–water partition coefficient (Wildman–Crippen LogP) is 2.98. The van der Waals surface area contributed by atoms with Gasteiger partial charge in [-0.1, -0.05) is 17.7 Å². The van der Waals surface area contributed by atoms with Crippen LogP contribution in [0.1, 0.15) is 39.2 Å². The second-order valence-corrected chi connectivity index (χ2v) is 7.83. The Balaban J connectivity index is 2.36. The number of nitrogens with zero attached hydrogens (tertiary/aromatic N) is 2. The van der Waals surface area contributed by atoms with E-state index >= 15 is 0 Å². The van der Waals surface area contributed by atoms with E-state index in [9.17, 15) is 8.42 Å². The zero-order chi connectivity index (χ0) is 15.0. The molecule has 1 fully saturated rings. The molecule has 1 saturated heterocycles. The summed E-state index contributed by atoms with van der Waals surface area (Å²) >= 11 is 0. The molecule has 0 aliphatic carbocycles. The summed E-state index contributed by atoms with van der Waals surface area (Å²) in [6.07, 6.45) is 1.68. The van der Waals surface area contributed by atoms with E-state index in [0.29, 0.717) is 5.84 Å². The number of amidine groups is 1. The van der Waals surface area contributed by atoms with Crippen LogP contribution < -0.4 is 0 Å². The molecule has 1 aromatic rings. The second-order valence-electron chi connectivity index (χ2n) is 6.22. The average molecular weight is 294 g/mol. The standard InChI is InChI=1S/C15H22N2O2S/c1-12-7-9-13(10-8-12)20(18,19)16-14-6-5-11-17(14)15(2,3)4/h7-10H,5-6,11H2,1-4H3/b16-14+. The molecule has 2 rings (SSSR count). The number of benzene rings is 1. The molecule has 0 bridgehead atoms. The first kappa shape index (κ1) is 15.0. The highest BCUT2D eigenvalue weighted by molar-refractivity contribution is 7.90. The minimum atomic E-state index is -3.61. The molecule has 5 heteroatoms. The van der Waals surface area contributed by atoms with Gasteiger partial charge in [0.25, 0.3) is 10.0 Å². The highest BCUT2D eigenvalue weighted by Crippen LogP contribution is 2.24. The number of likely N-dealkylation sites (tertiary alicyclic amines) is 1. The van der Waals surface area contributed by atoms with E-state index in [1.807, 2.05) is 6.92 Å². The van der Waals surface area contributed by atoms with Gasteiger partial charge in [-0.25, -0.2) is 0 Å². The Morgan fingerprint density at radius 1 is 1.15 bits per heavy atom. The van der Waals surface area contributed by atoms with Crippen LogP contribution in [0, 0.1) is 6.92 Å². The number of aryl methyl sites for hydroxylation is 1. The number of hydrogen-bond acceptors (Lipinski definition) is 2. The summed E-state index contributed by atoms with van der Waals surface area (Å²) < 4.78 is 28.8. The van der Waals surface area contributed by atoms with Crippen LogP contribution in [-0.2, 0) is 10.0 Å². The predicted molar refractivity (Wildman–Crippen MR) is 81.5 cm³/mol. The van der Waals surface area contributed by atoms with E-state index in [4.69, 9.17) is 0 Å². The number of rotatable bonds is 2.